The molecule has 0 aromatic rings. The molecular formula is C14H29NOSi. The third-order valence-electron chi connectivity index (χ3n) is 4.10. The summed E-state index contributed by atoms with van der Waals surface area (Å²) in [6.45, 7) is 16.2. The molecule has 3 heteroatoms. The first-order valence-corrected chi connectivity index (χ1v) is 9.62. The summed E-state index contributed by atoms with van der Waals surface area (Å²) in [6.07, 6.45) is 2.39. The molecule has 0 amide bonds. The second kappa shape index (κ2) is 6.56. The normalized spacial score (nSPS) is 14.8. The molecular weight excluding hydrogens is 226 g/mol. The van der Waals surface area contributed by atoms with Gasteiger partial charge in [-0.25, -0.2) is 0 Å². The van der Waals surface area contributed by atoms with Crippen molar-refractivity contribution in [3.8, 4) is 6.07 Å². The van der Waals surface area contributed by atoms with Gasteiger partial charge in [-0.05, 0) is 30.5 Å². The zero-order chi connectivity index (χ0) is 13.7. The highest BCUT2D eigenvalue weighted by molar-refractivity contribution is 6.74. The molecule has 0 aromatic carbocycles. The number of hydrogen-bond donors (Lipinski definition) is 0. The Morgan fingerprint density at radius 2 is 1.82 bits per heavy atom. The highest BCUT2D eigenvalue weighted by atomic mass is 28.4. The van der Waals surface area contributed by atoms with Crippen LogP contribution in [0.1, 0.15) is 47.5 Å². The Bertz CT molecular complexity index is 266. The second-order valence-corrected chi connectivity index (χ2v) is 11.1. The van der Waals surface area contributed by atoms with Gasteiger partial charge in [-0.3, -0.25) is 0 Å². The molecule has 100 valence electrons. The van der Waals surface area contributed by atoms with E-state index in [-0.39, 0.29) is 11.0 Å². The van der Waals surface area contributed by atoms with Gasteiger partial charge in [0.15, 0.2) is 8.32 Å². The molecule has 0 saturated heterocycles. The van der Waals surface area contributed by atoms with Crippen LogP contribution >= 0.6 is 0 Å². The summed E-state index contributed by atoms with van der Waals surface area (Å²) in [4.78, 5) is 0. The van der Waals surface area contributed by atoms with E-state index < -0.39 is 8.32 Å². The Hall–Kier alpha value is -0.333. The molecule has 0 aromatic heterocycles. The fraction of sp³-hybridized carbons (Fsp3) is 0.929. The Morgan fingerprint density at radius 3 is 2.18 bits per heavy atom. The van der Waals surface area contributed by atoms with E-state index in [1.807, 2.05) is 0 Å². The maximum Gasteiger partial charge on any atom is 0.192 e. The van der Waals surface area contributed by atoms with Gasteiger partial charge in [-0.15, -0.1) is 0 Å². The van der Waals surface area contributed by atoms with Crippen LogP contribution in [0, 0.1) is 23.2 Å². The molecule has 1 atom stereocenters. The molecule has 0 rings (SSSR count). The third-order valence-corrected chi connectivity index (χ3v) is 8.50. The number of nitriles is 1. The molecule has 2 nitrogen and oxygen atoms in total. The minimum absolute atomic E-state index is 0.0270. The van der Waals surface area contributed by atoms with Crippen LogP contribution < -0.4 is 0 Å². The summed E-state index contributed by atoms with van der Waals surface area (Å²) in [7, 11) is -1.73. The predicted molar refractivity (Wildman–Crippen MR) is 76.3 cm³/mol. The van der Waals surface area contributed by atoms with E-state index in [1.54, 1.807) is 0 Å². The minimum Gasteiger partial charge on any atom is -0.415 e. The van der Waals surface area contributed by atoms with E-state index in [4.69, 9.17) is 9.69 Å². The topological polar surface area (TPSA) is 33.0 Å². The molecule has 0 aliphatic carbocycles. The first-order chi connectivity index (χ1) is 7.68. The van der Waals surface area contributed by atoms with E-state index in [0.717, 1.165) is 0 Å². The van der Waals surface area contributed by atoms with Crippen molar-refractivity contribution < 1.29 is 4.43 Å². The van der Waals surface area contributed by atoms with Crippen LogP contribution in [0.25, 0.3) is 0 Å². The van der Waals surface area contributed by atoms with Gasteiger partial charge in [0.2, 0.25) is 0 Å². The first kappa shape index (κ1) is 16.7. The molecule has 0 heterocycles. The molecule has 0 bridgehead atoms. The van der Waals surface area contributed by atoms with E-state index in [9.17, 15) is 0 Å². The summed E-state index contributed by atoms with van der Waals surface area (Å²) >= 11 is 0. The summed E-state index contributed by atoms with van der Waals surface area (Å²) < 4.78 is 6.18. The van der Waals surface area contributed by atoms with Crippen molar-refractivity contribution in [3.05, 3.63) is 0 Å². The van der Waals surface area contributed by atoms with Crippen LogP contribution in [0.5, 0.6) is 0 Å². The van der Waals surface area contributed by atoms with E-state index >= 15 is 0 Å². The zero-order valence-electron chi connectivity index (χ0n) is 12.6. The highest BCUT2D eigenvalue weighted by Gasteiger charge is 2.40. The largest absolute Gasteiger partial charge is 0.415 e. The highest BCUT2D eigenvalue weighted by Crippen LogP contribution is 2.42. The van der Waals surface area contributed by atoms with Gasteiger partial charge in [-0.1, -0.05) is 41.0 Å². The smallest absolute Gasteiger partial charge is 0.192 e. The minimum atomic E-state index is -1.73. The Morgan fingerprint density at radius 1 is 1.29 bits per heavy atom. The molecule has 0 unspecified atom stereocenters. The lowest BCUT2D eigenvalue weighted by atomic mass is 9.99. The monoisotopic (exact) mass is 255 g/mol. The van der Waals surface area contributed by atoms with Gasteiger partial charge < -0.3 is 4.43 Å². The maximum atomic E-state index is 9.08. The Labute approximate surface area is 108 Å². The maximum absolute atomic E-state index is 9.08. The Balaban J connectivity index is 4.50. The van der Waals surface area contributed by atoms with Gasteiger partial charge in [0, 0.05) is 0 Å². The molecule has 0 spiro atoms. The van der Waals surface area contributed by atoms with Crippen LogP contribution in [-0.4, -0.2) is 14.9 Å². The van der Waals surface area contributed by atoms with Crippen molar-refractivity contribution in [3.63, 3.8) is 0 Å². The van der Waals surface area contributed by atoms with Gasteiger partial charge in [0.1, 0.15) is 0 Å². The summed E-state index contributed by atoms with van der Waals surface area (Å²) in [5, 5.41) is 9.36. The number of rotatable bonds is 7. The average molecular weight is 255 g/mol. The van der Waals surface area contributed by atoms with Crippen LogP contribution in [-0.2, 0) is 4.43 Å². The predicted octanol–water partition coefficient (Wildman–Crippen LogP) is 4.58. The summed E-state index contributed by atoms with van der Waals surface area (Å²) in [6, 6.07) is 2.35. The first-order valence-electron chi connectivity index (χ1n) is 6.71. The average Bonchev–Trinajstić information content (AvgIpc) is 2.17. The fourth-order valence-corrected chi connectivity index (χ4v) is 3.64. The lowest BCUT2D eigenvalue weighted by Crippen LogP contribution is -2.43. The van der Waals surface area contributed by atoms with Gasteiger partial charge in [0.25, 0.3) is 0 Å². The van der Waals surface area contributed by atoms with E-state index in [0.29, 0.717) is 12.5 Å². The van der Waals surface area contributed by atoms with Crippen molar-refractivity contribution in [2.45, 2.75) is 65.6 Å². The van der Waals surface area contributed by atoms with Crippen molar-refractivity contribution in [2.75, 3.05) is 6.61 Å². The number of hydrogen-bond acceptors (Lipinski definition) is 2. The van der Waals surface area contributed by atoms with Crippen molar-refractivity contribution in [2.24, 2.45) is 11.8 Å². The molecule has 0 aliphatic heterocycles. The zero-order valence-corrected chi connectivity index (χ0v) is 13.6. The van der Waals surface area contributed by atoms with Crippen molar-refractivity contribution >= 4 is 8.32 Å². The standard InChI is InChI=1S/C14H29NOSi/c1-8-9-14(4,5)17(6,7)16-11-13(10-15)12(2)3/h12-13H,8-9,11H2,1-7H3/t13-/m1/s1. The van der Waals surface area contributed by atoms with E-state index in [2.05, 4.69) is 53.8 Å². The molecule has 0 fully saturated rings. The molecule has 0 saturated carbocycles. The SMILES string of the molecule is CCCC(C)(C)[Si](C)(C)OC[C@@H](C#N)C(C)C. The quantitative estimate of drug-likeness (QED) is 0.624. The van der Waals surface area contributed by atoms with Crippen molar-refractivity contribution in [1.29, 1.82) is 5.26 Å². The van der Waals surface area contributed by atoms with Crippen LogP contribution in [0.3, 0.4) is 0 Å². The van der Waals surface area contributed by atoms with Gasteiger partial charge in [-0.2, -0.15) is 5.26 Å². The van der Waals surface area contributed by atoms with Crippen molar-refractivity contribution in [1.82, 2.24) is 0 Å². The lowest BCUT2D eigenvalue weighted by molar-refractivity contribution is 0.223. The van der Waals surface area contributed by atoms with Crippen LogP contribution in [0.4, 0.5) is 0 Å². The fourth-order valence-electron chi connectivity index (χ4n) is 1.80. The van der Waals surface area contributed by atoms with Crippen LogP contribution in [0.15, 0.2) is 0 Å². The Kier molecular flexibility index (Phi) is 6.43. The third kappa shape index (κ3) is 4.81. The van der Waals surface area contributed by atoms with E-state index in [1.165, 1.54) is 12.8 Å². The molecule has 0 radical (unpaired) electrons. The van der Waals surface area contributed by atoms with Crippen LogP contribution in [0.2, 0.25) is 18.1 Å². The van der Waals surface area contributed by atoms with Gasteiger partial charge >= 0.3 is 0 Å². The molecule has 0 aliphatic rings. The van der Waals surface area contributed by atoms with Gasteiger partial charge in [0.05, 0.1) is 18.6 Å². The summed E-state index contributed by atoms with van der Waals surface area (Å²) in [5.41, 5.74) is 0. The number of nitrogens with zero attached hydrogens (tertiary/aromatic N) is 1. The molecule has 0 N–H and O–H groups in total. The second-order valence-electron chi connectivity index (χ2n) is 6.43. The summed E-state index contributed by atoms with van der Waals surface area (Å²) in [5.74, 6) is 0.401. The molecule has 17 heavy (non-hydrogen) atoms. The lowest BCUT2D eigenvalue weighted by Gasteiger charge is -2.40.